The summed E-state index contributed by atoms with van der Waals surface area (Å²) in [7, 11) is -2.41. The third-order valence-electron chi connectivity index (χ3n) is 5.82. The monoisotopic (exact) mass is 469 g/mol. The first-order chi connectivity index (χ1) is 15.9. The minimum atomic E-state index is -3.82. The highest BCUT2D eigenvalue weighted by atomic mass is 32.2. The number of amides is 1. The molecule has 9 nitrogen and oxygen atoms in total. The number of methoxy groups -OCH3 is 1. The second kappa shape index (κ2) is 9.72. The molecule has 0 spiro atoms. The van der Waals surface area contributed by atoms with E-state index in [1.54, 1.807) is 17.1 Å². The van der Waals surface area contributed by atoms with Gasteiger partial charge in [0.1, 0.15) is 23.3 Å². The standard InChI is InChI=1S/C23H27N5O4S/c1-16(17-7-10-20(11-8-17)28-15-24-14-25-28)26-23(29)18-9-12-21(32-2)22(13-18)33(30,31)27-19-5-3-4-6-19/h7-16,19,27H,3-6H2,1-2H3,(H,26,29)/t16-/m1/s1. The maximum atomic E-state index is 13.0. The van der Waals surface area contributed by atoms with E-state index in [4.69, 9.17) is 4.74 Å². The van der Waals surface area contributed by atoms with E-state index in [2.05, 4.69) is 20.1 Å². The van der Waals surface area contributed by atoms with Crippen molar-refractivity contribution in [2.24, 2.45) is 0 Å². The first-order valence-corrected chi connectivity index (χ1v) is 12.3. The molecule has 33 heavy (non-hydrogen) atoms. The average molecular weight is 470 g/mol. The fourth-order valence-corrected chi connectivity index (χ4v) is 5.47. The van der Waals surface area contributed by atoms with Crippen LogP contribution in [0.1, 0.15) is 54.6 Å². The summed E-state index contributed by atoms with van der Waals surface area (Å²) in [6.45, 7) is 1.87. The maximum absolute atomic E-state index is 13.0. The predicted octanol–water partition coefficient (Wildman–Crippen LogP) is 2.99. The van der Waals surface area contributed by atoms with Crippen molar-refractivity contribution in [1.29, 1.82) is 0 Å². The van der Waals surface area contributed by atoms with E-state index < -0.39 is 10.0 Å². The molecule has 3 aromatic rings. The normalized spacial score (nSPS) is 15.3. The minimum absolute atomic E-state index is 0.0330. The van der Waals surface area contributed by atoms with Gasteiger partial charge in [-0.05, 0) is 55.7 Å². The SMILES string of the molecule is COc1ccc(C(=O)N[C@H](C)c2ccc(-n3cncn3)cc2)cc1S(=O)(=O)NC1CCCC1. The zero-order chi connectivity index (χ0) is 23.4. The van der Waals surface area contributed by atoms with Crippen LogP contribution in [0.4, 0.5) is 0 Å². The van der Waals surface area contributed by atoms with Crippen LogP contribution in [0.25, 0.3) is 5.69 Å². The Hall–Kier alpha value is -3.24. The van der Waals surface area contributed by atoms with E-state index in [0.29, 0.717) is 0 Å². The average Bonchev–Trinajstić information content (AvgIpc) is 3.53. The molecule has 0 aliphatic heterocycles. The fraction of sp³-hybridized carbons (Fsp3) is 0.348. The Morgan fingerprint density at radius 1 is 1.15 bits per heavy atom. The topological polar surface area (TPSA) is 115 Å². The Morgan fingerprint density at radius 2 is 1.88 bits per heavy atom. The quantitative estimate of drug-likeness (QED) is 0.524. The Bertz CT molecular complexity index is 1200. The van der Waals surface area contributed by atoms with Crippen LogP contribution in [-0.4, -0.2) is 42.2 Å². The summed E-state index contributed by atoms with van der Waals surface area (Å²) >= 11 is 0. The summed E-state index contributed by atoms with van der Waals surface area (Å²) in [5, 5.41) is 7.02. The van der Waals surface area contributed by atoms with Gasteiger partial charge in [-0.3, -0.25) is 4.79 Å². The molecule has 10 heteroatoms. The van der Waals surface area contributed by atoms with Gasteiger partial charge in [-0.2, -0.15) is 5.10 Å². The molecule has 0 bridgehead atoms. The number of nitrogens with one attached hydrogen (secondary N) is 2. The molecule has 1 aliphatic carbocycles. The van der Waals surface area contributed by atoms with E-state index in [9.17, 15) is 13.2 Å². The van der Waals surface area contributed by atoms with Crippen molar-refractivity contribution in [3.8, 4) is 11.4 Å². The molecular weight excluding hydrogens is 442 g/mol. The molecule has 2 N–H and O–H groups in total. The van der Waals surface area contributed by atoms with E-state index in [-0.39, 0.29) is 34.2 Å². The zero-order valence-electron chi connectivity index (χ0n) is 18.6. The van der Waals surface area contributed by atoms with Crippen LogP contribution in [0.15, 0.2) is 60.0 Å². The van der Waals surface area contributed by atoms with Crippen LogP contribution in [0.3, 0.4) is 0 Å². The highest BCUT2D eigenvalue weighted by Gasteiger charge is 2.27. The molecule has 2 aromatic carbocycles. The van der Waals surface area contributed by atoms with Crippen LogP contribution in [-0.2, 0) is 10.0 Å². The lowest BCUT2D eigenvalue weighted by Crippen LogP contribution is -2.33. The van der Waals surface area contributed by atoms with Gasteiger partial charge in [0.15, 0.2) is 0 Å². The van der Waals surface area contributed by atoms with Crippen molar-refractivity contribution in [3.63, 3.8) is 0 Å². The molecule has 1 fully saturated rings. The third kappa shape index (κ3) is 5.23. The summed E-state index contributed by atoms with van der Waals surface area (Å²) in [6.07, 6.45) is 6.71. The summed E-state index contributed by atoms with van der Waals surface area (Å²) in [5.74, 6) is -0.170. The van der Waals surface area contributed by atoms with Gasteiger partial charge in [-0.1, -0.05) is 25.0 Å². The van der Waals surface area contributed by atoms with E-state index >= 15 is 0 Å². The molecule has 174 valence electrons. The number of carbonyl (C=O) groups excluding carboxylic acids is 1. The van der Waals surface area contributed by atoms with E-state index in [1.165, 1.54) is 25.6 Å². The van der Waals surface area contributed by atoms with Crippen molar-refractivity contribution >= 4 is 15.9 Å². The van der Waals surface area contributed by atoms with Gasteiger partial charge in [-0.15, -0.1) is 0 Å². The van der Waals surface area contributed by atoms with Crippen molar-refractivity contribution < 1.29 is 17.9 Å². The number of sulfonamides is 1. The summed E-state index contributed by atoms with van der Waals surface area (Å²) in [4.78, 5) is 16.8. The van der Waals surface area contributed by atoms with Crippen molar-refractivity contribution in [2.45, 2.75) is 49.6 Å². The van der Waals surface area contributed by atoms with Crippen LogP contribution < -0.4 is 14.8 Å². The second-order valence-electron chi connectivity index (χ2n) is 8.10. The fourth-order valence-electron chi connectivity index (χ4n) is 3.98. The van der Waals surface area contributed by atoms with Gasteiger partial charge >= 0.3 is 0 Å². The zero-order valence-corrected chi connectivity index (χ0v) is 19.4. The number of aromatic nitrogens is 3. The van der Waals surface area contributed by atoms with Crippen molar-refractivity contribution in [2.75, 3.05) is 7.11 Å². The Labute approximate surface area is 193 Å². The molecule has 1 aliphatic rings. The molecule has 1 heterocycles. The molecule has 1 amide bonds. The second-order valence-corrected chi connectivity index (χ2v) is 9.78. The Balaban J connectivity index is 1.50. The molecular formula is C23H27N5O4S. The van der Waals surface area contributed by atoms with Crippen LogP contribution in [0.5, 0.6) is 5.75 Å². The molecule has 1 saturated carbocycles. The summed E-state index contributed by atoms with van der Waals surface area (Å²) in [6, 6.07) is 11.6. The highest BCUT2D eigenvalue weighted by molar-refractivity contribution is 7.89. The number of hydrogen-bond donors (Lipinski definition) is 2. The van der Waals surface area contributed by atoms with Crippen molar-refractivity contribution in [3.05, 3.63) is 66.2 Å². The maximum Gasteiger partial charge on any atom is 0.251 e. The predicted molar refractivity (Wildman–Crippen MR) is 123 cm³/mol. The summed E-state index contributed by atoms with van der Waals surface area (Å²) < 4.78 is 35.6. The molecule has 0 radical (unpaired) electrons. The highest BCUT2D eigenvalue weighted by Crippen LogP contribution is 2.27. The lowest BCUT2D eigenvalue weighted by atomic mass is 10.1. The van der Waals surface area contributed by atoms with E-state index in [1.807, 2.05) is 31.2 Å². The number of ether oxygens (including phenoxy) is 1. The third-order valence-corrected chi connectivity index (χ3v) is 7.36. The number of benzene rings is 2. The number of rotatable bonds is 8. The number of nitrogens with zero attached hydrogens (tertiary/aromatic N) is 3. The smallest absolute Gasteiger partial charge is 0.251 e. The van der Waals surface area contributed by atoms with Gasteiger partial charge < -0.3 is 10.1 Å². The molecule has 1 atom stereocenters. The van der Waals surface area contributed by atoms with Gasteiger partial charge in [0.05, 0.1) is 18.8 Å². The molecule has 0 unspecified atom stereocenters. The van der Waals surface area contributed by atoms with Crippen molar-refractivity contribution in [1.82, 2.24) is 24.8 Å². The molecule has 4 rings (SSSR count). The van der Waals surface area contributed by atoms with Crippen LogP contribution in [0, 0.1) is 0 Å². The van der Waals surface area contributed by atoms with Gasteiger partial charge in [0.25, 0.3) is 5.91 Å². The summed E-state index contributed by atoms with van der Waals surface area (Å²) in [5.41, 5.74) is 2.00. The van der Waals surface area contributed by atoms with Crippen LogP contribution in [0.2, 0.25) is 0 Å². The van der Waals surface area contributed by atoms with Gasteiger partial charge in [0, 0.05) is 11.6 Å². The first kappa shape index (κ1) is 22.9. The van der Waals surface area contributed by atoms with Crippen LogP contribution >= 0.6 is 0 Å². The molecule has 0 saturated heterocycles. The largest absolute Gasteiger partial charge is 0.495 e. The van der Waals surface area contributed by atoms with Gasteiger partial charge in [-0.25, -0.2) is 22.8 Å². The Kier molecular flexibility index (Phi) is 6.75. The lowest BCUT2D eigenvalue weighted by Gasteiger charge is -2.17. The minimum Gasteiger partial charge on any atom is -0.495 e. The first-order valence-electron chi connectivity index (χ1n) is 10.8. The number of carbonyl (C=O) groups is 1. The Morgan fingerprint density at radius 3 is 2.52 bits per heavy atom. The van der Waals surface area contributed by atoms with E-state index in [0.717, 1.165) is 36.9 Å². The van der Waals surface area contributed by atoms with Gasteiger partial charge in [0.2, 0.25) is 10.0 Å². The number of hydrogen-bond acceptors (Lipinski definition) is 6. The lowest BCUT2D eigenvalue weighted by molar-refractivity contribution is 0.0939. The molecule has 1 aromatic heterocycles.